The number of rotatable bonds is 7. The zero-order valence-electron chi connectivity index (χ0n) is 8.64. The highest BCUT2D eigenvalue weighted by Crippen LogP contribution is 2.08. The average Bonchev–Trinajstić information content (AvgIpc) is 2.25. The summed E-state index contributed by atoms with van der Waals surface area (Å²) in [5.74, 6) is -1.04. The minimum absolute atomic E-state index is 0.0267. The van der Waals surface area contributed by atoms with E-state index in [1.54, 1.807) is 0 Å². The lowest BCUT2D eigenvalue weighted by Gasteiger charge is -2.17. The predicted molar refractivity (Wildman–Crippen MR) is 63.2 cm³/mol. The molecule has 0 radical (unpaired) electrons. The number of esters is 2. The molecule has 0 atom stereocenters. The molecule has 0 saturated heterocycles. The normalized spacial score (nSPS) is 10.1. The molecule has 0 aliphatic rings. The van der Waals surface area contributed by atoms with E-state index < -0.39 is 18.2 Å². The lowest BCUT2D eigenvalue weighted by molar-refractivity contribution is -0.185. The third-order valence-electron chi connectivity index (χ3n) is 1.58. The first-order chi connectivity index (χ1) is 7.13. The van der Waals surface area contributed by atoms with Gasteiger partial charge < -0.3 is 9.47 Å². The van der Waals surface area contributed by atoms with E-state index in [1.807, 2.05) is 6.92 Å². The highest BCUT2D eigenvalue weighted by Gasteiger charge is 2.16. The smallest absolute Gasteiger partial charge is 0.318 e. The van der Waals surface area contributed by atoms with Gasteiger partial charge in [-0.2, -0.15) is 25.3 Å². The van der Waals surface area contributed by atoms with Crippen LogP contribution >= 0.6 is 25.3 Å². The van der Waals surface area contributed by atoms with Crippen molar-refractivity contribution in [1.82, 2.24) is 0 Å². The van der Waals surface area contributed by atoms with Gasteiger partial charge in [-0.25, -0.2) is 0 Å². The predicted octanol–water partition coefficient (Wildman–Crippen LogP) is 1.45. The van der Waals surface area contributed by atoms with E-state index in [4.69, 9.17) is 9.47 Å². The van der Waals surface area contributed by atoms with Crippen LogP contribution in [0.5, 0.6) is 0 Å². The van der Waals surface area contributed by atoms with Crippen molar-refractivity contribution in [2.45, 2.75) is 32.5 Å². The van der Waals surface area contributed by atoms with Crippen molar-refractivity contribution in [3.8, 4) is 0 Å². The van der Waals surface area contributed by atoms with Crippen LogP contribution in [0.1, 0.15) is 26.2 Å². The molecule has 15 heavy (non-hydrogen) atoms. The van der Waals surface area contributed by atoms with Gasteiger partial charge in [0.2, 0.25) is 6.29 Å². The van der Waals surface area contributed by atoms with Crippen molar-refractivity contribution in [1.29, 1.82) is 0 Å². The fourth-order valence-corrected chi connectivity index (χ4v) is 1.03. The molecule has 0 bridgehead atoms. The van der Waals surface area contributed by atoms with Crippen molar-refractivity contribution in [3.05, 3.63) is 0 Å². The van der Waals surface area contributed by atoms with Gasteiger partial charge in [0.15, 0.2) is 0 Å². The van der Waals surface area contributed by atoms with E-state index in [2.05, 4.69) is 25.3 Å². The van der Waals surface area contributed by atoms with Gasteiger partial charge in [0.1, 0.15) is 0 Å². The number of hydrogen-bond donors (Lipinski definition) is 2. The van der Waals surface area contributed by atoms with Crippen LogP contribution in [0.15, 0.2) is 0 Å². The van der Waals surface area contributed by atoms with E-state index in [1.165, 1.54) is 0 Å². The third kappa shape index (κ3) is 7.56. The zero-order chi connectivity index (χ0) is 11.7. The molecule has 0 amide bonds. The lowest BCUT2D eigenvalue weighted by atomic mass is 10.2. The molecule has 0 rings (SSSR count). The summed E-state index contributed by atoms with van der Waals surface area (Å²) in [4.78, 5) is 21.9. The van der Waals surface area contributed by atoms with Crippen LogP contribution in [0, 0.1) is 0 Å². The highest BCUT2D eigenvalue weighted by atomic mass is 32.1. The second kappa shape index (κ2) is 8.91. The van der Waals surface area contributed by atoms with Crippen LogP contribution in [0.3, 0.4) is 0 Å². The molecule has 0 aliphatic heterocycles. The molecule has 0 aromatic rings. The minimum atomic E-state index is -0.802. The Labute approximate surface area is 101 Å². The van der Waals surface area contributed by atoms with Crippen molar-refractivity contribution in [3.63, 3.8) is 0 Å². The topological polar surface area (TPSA) is 52.6 Å². The molecule has 0 spiro atoms. The van der Waals surface area contributed by atoms with E-state index in [0.717, 1.165) is 12.8 Å². The maximum Gasteiger partial charge on any atom is 0.318 e. The molecular formula is C9H16O4S2. The van der Waals surface area contributed by atoms with Gasteiger partial charge in [-0.1, -0.05) is 13.3 Å². The van der Waals surface area contributed by atoms with Crippen LogP contribution in [0.25, 0.3) is 0 Å². The third-order valence-corrected chi connectivity index (χ3v) is 2.09. The zero-order valence-corrected chi connectivity index (χ0v) is 10.4. The molecule has 0 saturated carbocycles. The Bertz CT molecular complexity index is 190. The SMILES string of the molecule is CCCCC(OC(=O)CS)OC(=O)CS. The Kier molecular flexibility index (Phi) is 8.70. The lowest BCUT2D eigenvalue weighted by Crippen LogP contribution is -2.25. The van der Waals surface area contributed by atoms with Crippen LogP contribution < -0.4 is 0 Å². The molecule has 0 fully saturated rings. The Morgan fingerprint density at radius 2 is 1.60 bits per heavy atom. The summed E-state index contributed by atoms with van der Waals surface area (Å²) < 4.78 is 9.76. The number of unbranched alkanes of at least 4 members (excludes halogenated alkanes) is 1. The van der Waals surface area contributed by atoms with Crippen molar-refractivity contribution >= 4 is 37.2 Å². The molecule has 0 unspecified atom stereocenters. The number of carbonyl (C=O) groups excluding carboxylic acids is 2. The molecule has 4 nitrogen and oxygen atoms in total. The first-order valence-electron chi connectivity index (χ1n) is 4.74. The van der Waals surface area contributed by atoms with E-state index in [9.17, 15) is 9.59 Å². The van der Waals surface area contributed by atoms with Crippen LogP contribution in [-0.4, -0.2) is 29.7 Å². The van der Waals surface area contributed by atoms with Gasteiger partial charge in [-0.15, -0.1) is 0 Å². The van der Waals surface area contributed by atoms with Crippen LogP contribution in [0.2, 0.25) is 0 Å². The van der Waals surface area contributed by atoms with Crippen molar-refractivity contribution in [2.75, 3.05) is 11.5 Å². The van der Waals surface area contributed by atoms with Gasteiger partial charge in [-0.3, -0.25) is 9.59 Å². The fourth-order valence-electron chi connectivity index (χ4n) is 0.880. The molecule has 6 heteroatoms. The fraction of sp³-hybridized carbons (Fsp3) is 0.778. The number of thiol groups is 2. The van der Waals surface area contributed by atoms with E-state index in [-0.39, 0.29) is 11.5 Å². The first-order valence-corrected chi connectivity index (χ1v) is 6.01. The van der Waals surface area contributed by atoms with Crippen LogP contribution in [-0.2, 0) is 19.1 Å². The Hall–Kier alpha value is -0.360. The monoisotopic (exact) mass is 252 g/mol. The molecule has 0 heterocycles. The second-order valence-corrected chi connectivity index (χ2v) is 3.50. The van der Waals surface area contributed by atoms with Crippen molar-refractivity contribution in [2.24, 2.45) is 0 Å². The summed E-state index contributed by atoms with van der Waals surface area (Å²) in [5, 5.41) is 0. The molecule has 0 N–H and O–H groups in total. The number of carbonyl (C=O) groups is 2. The van der Waals surface area contributed by atoms with Crippen molar-refractivity contribution < 1.29 is 19.1 Å². The van der Waals surface area contributed by atoms with Gasteiger partial charge in [0, 0.05) is 6.42 Å². The van der Waals surface area contributed by atoms with Gasteiger partial charge >= 0.3 is 11.9 Å². The Morgan fingerprint density at radius 3 is 1.93 bits per heavy atom. The molecule has 0 aromatic carbocycles. The number of ether oxygens (including phenoxy) is 2. The molecule has 88 valence electrons. The molecule has 0 aliphatic carbocycles. The quantitative estimate of drug-likeness (QED) is 0.409. The van der Waals surface area contributed by atoms with Gasteiger partial charge in [0.05, 0.1) is 11.5 Å². The summed E-state index contributed by atoms with van der Waals surface area (Å²) >= 11 is 7.53. The Morgan fingerprint density at radius 1 is 1.13 bits per heavy atom. The maximum atomic E-state index is 10.9. The first kappa shape index (κ1) is 14.6. The second-order valence-electron chi connectivity index (χ2n) is 2.87. The summed E-state index contributed by atoms with van der Waals surface area (Å²) in [6, 6.07) is 0. The molecular weight excluding hydrogens is 236 g/mol. The number of hydrogen-bond acceptors (Lipinski definition) is 6. The summed E-state index contributed by atoms with van der Waals surface area (Å²) in [7, 11) is 0. The van der Waals surface area contributed by atoms with E-state index >= 15 is 0 Å². The average molecular weight is 252 g/mol. The van der Waals surface area contributed by atoms with Gasteiger partial charge in [0.25, 0.3) is 0 Å². The largest absolute Gasteiger partial charge is 0.425 e. The molecule has 0 aromatic heterocycles. The Balaban J connectivity index is 4.05. The van der Waals surface area contributed by atoms with Gasteiger partial charge in [-0.05, 0) is 6.42 Å². The summed E-state index contributed by atoms with van der Waals surface area (Å²) in [6.07, 6.45) is 1.47. The van der Waals surface area contributed by atoms with Crippen LogP contribution in [0.4, 0.5) is 0 Å². The standard InChI is InChI=1S/C9H16O4S2/c1-2-3-4-9(12-7(10)5-14)13-8(11)6-15/h9,14-15H,2-6H2,1H3. The minimum Gasteiger partial charge on any atom is -0.425 e. The maximum absolute atomic E-state index is 10.9. The summed E-state index contributed by atoms with van der Waals surface area (Å²) in [6.45, 7) is 2.00. The van der Waals surface area contributed by atoms with E-state index in [0.29, 0.717) is 6.42 Å². The summed E-state index contributed by atoms with van der Waals surface area (Å²) in [5.41, 5.74) is 0. The highest BCUT2D eigenvalue weighted by molar-refractivity contribution is 7.81.